The Hall–Kier alpha value is -2.71. The molecule has 0 aliphatic rings. The second-order valence-corrected chi connectivity index (χ2v) is 6.86. The molecule has 0 bridgehead atoms. The van der Waals surface area contributed by atoms with Crippen LogP contribution in [0.5, 0.6) is 0 Å². The number of nitrogens with two attached hydrogens (primary N) is 1. The Morgan fingerprint density at radius 1 is 1.27 bits per heavy atom. The number of halogens is 1. The van der Waals surface area contributed by atoms with E-state index in [1.165, 1.54) is 16.4 Å². The van der Waals surface area contributed by atoms with E-state index in [-0.39, 0.29) is 0 Å². The molecule has 132 valence electrons. The predicted molar refractivity (Wildman–Crippen MR) is 99.1 cm³/mol. The van der Waals surface area contributed by atoms with Crippen LogP contribution in [0, 0.1) is 6.92 Å². The van der Waals surface area contributed by atoms with Gasteiger partial charge in [-0.3, -0.25) is 0 Å². The summed E-state index contributed by atoms with van der Waals surface area (Å²) in [5, 5.41) is 9.47. The summed E-state index contributed by atoms with van der Waals surface area (Å²) in [6.45, 7) is 1.85. The van der Waals surface area contributed by atoms with Crippen LogP contribution >= 0.6 is 23.4 Å². The summed E-state index contributed by atoms with van der Waals surface area (Å²) in [7, 11) is 0. The van der Waals surface area contributed by atoms with Crippen LogP contribution in [0.3, 0.4) is 0 Å². The number of furan rings is 1. The average molecular weight is 388 g/mol. The molecule has 4 rings (SSSR count). The van der Waals surface area contributed by atoms with Gasteiger partial charge in [-0.05, 0) is 25.1 Å². The zero-order valence-corrected chi connectivity index (χ0v) is 15.3. The molecule has 1 aromatic carbocycles. The highest BCUT2D eigenvalue weighted by molar-refractivity contribution is 7.98. The van der Waals surface area contributed by atoms with Gasteiger partial charge in [-0.15, -0.1) is 10.2 Å². The van der Waals surface area contributed by atoms with Gasteiger partial charge in [0.1, 0.15) is 5.76 Å². The second kappa shape index (κ2) is 6.89. The largest absolute Gasteiger partial charge is 0.469 e. The number of benzene rings is 1. The third-order valence-electron chi connectivity index (χ3n) is 3.75. The normalized spacial score (nSPS) is 11.2. The van der Waals surface area contributed by atoms with Crippen molar-refractivity contribution in [3.8, 4) is 22.7 Å². The van der Waals surface area contributed by atoms with Crippen LogP contribution in [0.1, 0.15) is 11.7 Å². The molecule has 0 aliphatic heterocycles. The van der Waals surface area contributed by atoms with Gasteiger partial charge in [0, 0.05) is 10.6 Å². The van der Waals surface area contributed by atoms with E-state index < -0.39 is 0 Å². The quantitative estimate of drug-likeness (QED) is 0.405. The molecule has 0 aliphatic carbocycles. The van der Waals surface area contributed by atoms with E-state index in [0.717, 1.165) is 16.9 Å². The molecule has 0 saturated heterocycles. The van der Waals surface area contributed by atoms with E-state index >= 15 is 0 Å². The van der Waals surface area contributed by atoms with Crippen molar-refractivity contribution in [2.75, 3.05) is 5.84 Å². The SMILES string of the molecule is Cc1occc1-c1nnc(SCc2ncc(-c3cccc(Cl)c3)o2)n1N. The highest BCUT2D eigenvalue weighted by Crippen LogP contribution is 2.28. The van der Waals surface area contributed by atoms with Crippen LogP contribution in [0.25, 0.3) is 22.7 Å². The summed E-state index contributed by atoms with van der Waals surface area (Å²) < 4.78 is 12.5. The van der Waals surface area contributed by atoms with Gasteiger partial charge < -0.3 is 14.7 Å². The first-order valence-corrected chi connectivity index (χ1v) is 9.06. The van der Waals surface area contributed by atoms with Gasteiger partial charge in [0.2, 0.25) is 11.0 Å². The van der Waals surface area contributed by atoms with Crippen molar-refractivity contribution in [3.05, 3.63) is 59.5 Å². The van der Waals surface area contributed by atoms with E-state index in [0.29, 0.717) is 33.4 Å². The molecular weight excluding hydrogens is 374 g/mol. The zero-order valence-electron chi connectivity index (χ0n) is 13.7. The highest BCUT2D eigenvalue weighted by atomic mass is 35.5. The lowest BCUT2D eigenvalue weighted by Gasteiger charge is -2.01. The van der Waals surface area contributed by atoms with Crippen molar-refractivity contribution in [2.24, 2.45) is 0 Å². The summed E-state index contributed by atoms with van der Waals surface area (Å²) in [5.74, 6) is 9.08. The van der Waals surface area contributed by atoms with Crippen LogP contribution in [-0.2, 0) is 5.75 Å². The second-order valence-electron chi connectivity index (χ2n) is 5.48. The number of aryl methyl sites for hydroxylation is 1. The molecule has 2 N–H and O–H groups in total. The van der Waals surface area contributed by atoms with Crippen LogP contribution < -0.4 is 5.84 Å². The van der Waals surface area contributed by atoms with Gasteiger partial charge in [-0.25, -0.2) is 9.66 Å². The Labute approximate surface area is 158 Å². The van der Waals surface area contributed by atoms with Crippen molar-refractivity contribution in [3.63, 3.8) is 0 Å². The minimum atomic E-state index is 0.472. The maximum Gasteiger partial charge on any atom is 0.210 e. The summed E-state index contributed by atoms with van der Waals surface area (Å²) in [4.78, 5) is 4.29. The fourth-order valence-corrected chi connectivity index (χ4v) is 3.35. The number of aromatic nitrogens is 4. The van der Waals surface area contributed by atoms with Crippen molar-refractivity contribution in [1.29, 1.82) is 0 Å². The molecule has 4 aromatic rings. The van der Waals surface area contributed by atoms with Gasteiger partial charge >= 0.3 is 0 Å². The van der Waals surface area contributed by atoms with E-state index in [9.17, 15) is 0 Å². The number of nitrogen functional groups attached to an aromatic ring is 1. The summed E-state index contributed by atoms with van der Waals surface area (Å²) >= 11 is 7.40. The summed E-state index contributed by atoms with van der Waals surface area (Å²) in [5.41, 5.74) is 1.69. The topological polar surface area (TPSA) is 95.9 Å². The minimum absolute atomic E-state index is 0.472. The Morgan fingerprint density at radius 3 is 2.92 bits per heavy atom. The molecule has 0 radical (unpaired) electrons. The van der Waals surface area contributed by atoms with E-state index in [1.807, 2.05) is 37.3 Å². The van der Waals surface area contributed by atoms with Crippen molar-refractivity contribution >= 4 is 23.4 Å². The molecule has 0 spiro atoms. The molecule has 0 atom stereocenters. The van der Waals surface area contributed by atoms with Crippen LogP contribution in [0.4, 0.5) is 0 Å². The Bertz CT molecular complexity index is 1060. The molecule has 0 unspecified atom stereocenters. The molecule has 9 heteroatoms. The fourth-order valence-electron chi connectivity index (χ4n) is 2.45. The zero-order chi connectivity index (χ0) is 18.1. The van der Waals surface area contributed by atoms with Crippen molar-refractivity contribution in [2.45, 2.75) is 17.8 Å². The monoisotopic (exact) mass is 387 g/mol. The number of hydrogen-bond acceptors (Lipinski definition) is 7. The first-order valence-electron chi connectivity index (χ1n) is 7.70. The maximum atomic E-state index is 6.10. The van der Waals surface area contributed by atoms with Crippen LogP contribution in [0.2, 0.25) is 5.02 Å². The molecular formula is C17H14ClN5O2S. The molecule has 0 amide bonds. The molecule has 0 saturated carbocycles. The van der Waals surface area contributed by atoms with Gasteiger partial charge in [0.25, 0.3) is 0 Å². The third-order valence-corrected chi connectivity index (χ3v) is 4.91. The van der Waals surface area contributed by atoms with E-state index in [1.54, 1.807) is 12.5 Å². The number of hydrogen-bond donors (Lipinski definition) is 1. The minimum Gasteiger partial charge on any atom is -0.469 e. The first-order chi connectivity index (χ1) is 12.6. The lowest BCUT2D eigenvalue weighted by Crippen LogP contribution is -2.11. The van der Waals surface area contributed by atoms with Crippen molar-refractivity contribution in [1.82, 2.24) is 19.9 Å². The smallest absolute Gasteiger partial charge is 0.210 e. The van der Waals surface area contributed by atoms with Gasteiger partial charge in [0.05, 0.1) is 23.8 Å². The molecule has 3 heterocycles. The highest BCUT2D eigenvalue weighted by Gasteiger charge is 2.16. The van der Waals surface area contributed by atoms with Crippen molar-refractivity contribution < 1.29 is 8.83 Å². The lowest BCUT2D eigenvalue weighted by atomic mass is 10.2. The predicted octanol–water partition coefficient (Wildman–Crippen LogP) is 4.16. The Morgan fingerprint density at radius 2 is 2.15 bits per heavy atom. The van der Waals surface area contributed by atoms with E-state index in [4.69, 9.17) is 26.3 Å². The Balaban J connectivity index is 1.49. The summed E-state index contributed by atoms with van der Waals surface area (Å²) in [6.07, 6.45) is 3.27. The van der Waals surface area contributed by atoms with Gasteiger partial charge in [0.15, 0.2) is 11.6 Å². The average Bonchev–Trinajstić information content (AvgIpc) is 3.34. The third kappa shape index (κ3) is 3.21. The molecule has 7 nitrogen and oxygen atoms in total. The molecule has 3 aromatic heterocycles. The number of oxazole rings is 1. The summed E-state index contributed by atoms with van der Waals surface area (Å²) in [6, 6.07) is 9.23. The van der Waals surface area contributed by atoms with Crippen LogP contribution in [-0.4, -0.2) is 19.9 Å². The van der Waals surface area contributed by atoms with Crippen LogP contribution in [0.15, 0.2) is 56.8 Å². The maximum absolute atomic E-state index is 6.10. The van der Waals surface area contributed by atoms with E-state index in [2.05, 4.69) is 15.2 Å². The Kier molecular flexibility index (Phi) is 4.44. The molecule has 26 heavy (non-hydrogen) atoms. The van der Waals surface area contributed by atoms with Gasteiger partial charge in [-0.1, -0.05) is 35.5 Å². The molecule has 0 fully saturated rings. The number of rotatable bonds is 5. The number of nitrogens with zero attached hydrogens (tertiary/aromatic N) is 4. The standard InChI is InChI=1S/C17H14ClN5O2S/c1-10-13(5-6-24-10)16-21-22-17(23(16)19)26-9-15-20-8-14(25-15)11-3-2-4-12(18)7-11/h2-8H,9,19H2,1H3. The lowest BCUT2D eigenvalue weighted by molar-refractivity contribution is 0.529. The fraction of sp³-hybridized carbons (Fsp3) is 0.118. The first kappa shape index (κ1) is 16.7. The number of thioether (sulfide) groups is 1. The van der Waals surface area contributed by atoms with Gasteiger partial charge in [-0.2, -0.15) is 0 Å².